The highest BCUT2D eigenvalue weighted by Crippen LogP contribution is 2.12. The van der Waals surface area contributed by atoms with Crippen LogP contribution in [0.5, 0.6) is 0 Å². The number of sulfonamides is 1. The first kappa shape index (κ1) is 17.4. The number of hydrogen-bond acceptors (Lipinski definition) is 6. The van der Waals surface area contributed by atoms with Crippen LogP contribution in [0.15, 0.2) is 35.5 Å². The Hall–Kier alpha value is -1.97. The molecule has 0 aliphatic carbocycles. The largest absolute Gasteiger partial charge is 0.389 e. The summed E-state index contributed by atoms with van der Waals surface area (Å²) >= 11 is 0. The smallest absolute Gasteiger partial charge is 0.258 e. The van der Waals surface area contributed by atoms with E-state index in [1.165, 1.54) is 19.9 Å². The van der Waals surface area contributed by atoms with Gasteiger partial charge in [0, 0.05) is 19.8 Å². The Kier molecular flexibility index (Phi) is 5.03. The molecule has 23 heavy (non-hydrogen) atoms. The second kappa shape index (κ2) is 6.65. The van der Waals surface area contributed by atoms with Gasteiger partial charge in [-0.25, -0.2) is 18.1 Å². The first-order valence-corrected chi connectivity index (χ1v) is 8.55. The Morgan fingerprint density at radius 2 is 2.04 bits per heavy atom. The maximum Gasteiger partial charge on any atom is 0.258 e. The zero-order chi connectivity index (χ0) is 17.1. The predicted octanol–water partition coefficient (Wildman–Crippen LogP) is 0.476. The number of aromatic nitrogens is 3. The quantitative estimate of drug-likeness (QED) is 0.677. The van der Waals surface area contributed by atoms with Crippen molar-refractivity contribution in [3.8, 4) is 0 Å². The molecule has 0 atom stereocenters. The Morgan fingerprint density at radius 3 is 2.65 bits per heavy atom. The fourth-order valence-electron chi connectivity index (χ4n) is 1.75. The summed E-state index contributed by atoms with van der Waals surface area (Å²) < 4.78 is 28.4. The van der Waals surface area contributed by atoms with E-state index in [1.54, 1.807) is 16.8 Å². The molecule has 0 unspecified atom stereocenters. The van der Waals surface area contributed by atoms with Crippen LogP contribution in [-0.2, 0) is 23.6 Å². The number of aryl methyl sites for hydroxylation is 1. The summed E-state index contributed by atoms with van der Waals surface area (Å²) in [5.74, 6) is 0.432. The molecule has 0 fully saturated rings. The third-order valence-electron chi connectivity index (χ3n) is 2.91. The van der Waals surface area contributed by atoms with E-state index < -0.39 is 15.6 Å². The van der Waals surface area contributed by atoms with Gasteiger partial charge in [-0.3, -0.25) is 4.68 Å². The lowest BCUT2D eigenvalue weighted by Gasteiger charge is -2.17. The lowest BCUT2D eigenvalue weighted by atomic mass is 10.1. The average Bonchev–Trinajstić information content (AvgIpc) is 2.89. The van der Waals surface area contributed by atoms with Crippen molar-refractivity contribution in [1.29, 1.82) is 0 Å². The van der Waals surface area contributed by atoms with E-state index in [1.807, 2.05) is 19.3 Å². The molecule has 2 heterocycles. The SMILES string of the molecule is Cn1ccc(CNc2cccc(S(=O)(=O)NCC(C)(C)O)n2)n1. The molecule has 0 aromatic carbocycles. The number of nitrogens with zero attached hydrogens (tertiary/aromatic N) is 3. The first-order chi connectivity index (χ1) is 10.7. The summed E-state index contributed by atoms with van der Waals surface area (Å²) in [5, 5.41) is 16.8. The summed E-state index contributed by atoms with van der Waals surface area (Å²) in [6, 6.07) is 6.54. The van der Waals surface area contributed by atoms with Gasteiger partial charge in [0.15, 0.2) is 5.03 Å². The molecule has 0 saturated heterocycles. The van der Waals surface area contributed by atoms with Crippen LogP contribution in [0.2, 0.25) is 0 Å². The van der Waals surface area contributed by atoms with Gasteiger partial charge in [0.1, 0.15) is 5.82 Å². The van der Waals surface area contributed by atoms with E-state index in [0.717, 1.165) is 5.69 Å². The third-order valence-corrected chi connectivity index (χ3v) is 4.22. The second-order valence-electron chi connectivity index (χ2n) is 5.83. The summed E-state index contributed by atoms with van der Waals surface area (Å²) in [5.41, 5.74) is -0.315. The van der Waals surface area contributed by atoms with E-state index in [-0.39, 0.29) is 11.6 Å². The van der Waals surface area contributed by atoms with Crippen molar-refractivity contribution in [3.63, 3.8) is 0 Å². The Balaban J connectivity index is 2.06. The molecule has 0 radical (unpaired) electrons. The van der Waals surface area contributed by atoms with Crippen LogP contribution in [0.1, 0.15) is 19.5 Å². The number of pyridine rings is 1. The Bertz CT molecular complexity index is 765. The molecule has 0 saturated carbocycles. The number of rotatable bonds is 7. The van der Waals surface area contributed by atoms with Crippen LogP contribution >= 0.6 is 0 Å². The van der Waals surface area contributed by atoms with E-state index in [9.17, 15) is 13.5 Å². The van der Waals surface area contributed by atoms with Gasteiger partial charge >= 0.3 is 0 Å². The highest BCUT2D eigenvalue weighted by atomic mass is 32.2. The highest BCUT2D eigenvalue weighted by Gasteiger charge is 2.21. The van der Waals surface area contributed by atoms with Gasteiger partial charge in [0.2, 0.25) is 0 Å². The molecule has 9 heteroatoms. The number of hydrogen-bond donors (Lipinski definition) is 3. The zero-order valence-electron chi connectivity index (χ0n) is 13.3. The van der Waals surface area contributed by atoms with Gasteiger partial charge in [0.25, 0.3) is 10.0 Å². The number of nitrogens with one attached hydrogen (secondary N) is 2. The van der Waals surface area contributed by atoms with Crippen molar-refractivity contribution in [2.75, 3.05) is 11.9 Å². The fraction of sp³-hybridized carbons (Fsp3) is 0.429. The first-order valence-electron chi connectivity index (χ1n) is 7.07. The summed E-state index contributed by atoms with van der Waals surface area (Å²) in [6.07, 6.45) is 1.83. The molecule has 0 bridgehead atoms. The Labute approximate surface area is 135 Å². The van der Waals surface area contributed by atoms with Crippen LogP contribution in [0.25, 0.3) is 0 Å². The van der Waals surface area contributed by atoms with Crippen molar-refractivity contribution in [3.05, 3.63) is 36.2 Å². The third kappa shape index (κ3) is 5.31. The number of aliphatic hydroxyl groups is 1. The number of anilines is 1. The molecule has 8 nitrogen and oxygen atoms in total. The minimum atomic E-state index is -3.78. The molecular weight excluding hydrogens is 318 g/mol. The van der Waals surface area contributed by atoms with Crippen LogP contribution in [0, 0.1) is 0 Å². The molecular formula is C14H21N5O3S. The normalized spacial score (nSPS) is 12.3. The standard InChI is InChI=1S/C14H21N5O3S/c1-14(2,20)10-16-23(21,22)13-6-4-5-12(17-13)15-9-11-7-8-19(3)18-11/h4-8,16,20H,9-10H2,1-3H3,(H,15,17). The fourth-order valence-corrected chi connectivity index (χ4v) is 2.91. The average molecular weight is 339 g/mol. The van der Waals surface area contributed by atoms with Crippen molar-refractivity contribution in [2.24, 2.45) is 7.05 Å². The molecule has 0 aliphatic rings. The molecule has 2 aromatic rings. The van der Waals surface area contributed by atoms with E-state index >= 15 is 0 Å². The van der Waals surface area contributed by atoms with Gasteiger partial charge in [-0.15, -0.1) is 0 Å². The molecule has 126 valence electrons. The van der Waals surface area contributed by atoms with Crippen LogP contribution < -0.4 is 10.0 Å². The Morgan fingerprint density at radius 1 is 1.30 bits per heavy atom. The minimum Gasteiger partial charge on any atom is -0.389 e. The van der Waals surface area contributed by atoms with Gasteiger partial charge in [0.05, 0.1) is 17.8 Å². The lowest BCUT2D eigenvalue weighted by Crippen LogP contribution is -2.38. The predicted molar refractivity (Wildman–Crippen MR) is 86.3 cm³/mol. The summed E-state index contributed by atoms with van der Waals surface area (Å²) in [6.45, 7) is 3.39. The second-order valence-corrected chi connectivity index (χ2v) is 7.55. The maximum atomic E-state index is 12.2. The topological polar surface area (TPSA) is 109 Å². The van der Waals surface area contributed by atoms with E-state index in [4.69, 9.17) is 0 Å². The van der Waals surface area contributed by atoms with Crippen molar-refractivity contribution in [2.45, 2.75) is 31.0 Å². The van der Waals surface area contributed by atoms with E-state index in [0.29, 0.717) is 12.4 Å². The molecule has 3 N–H and O–H groups in total. The minimum absolute atomic E-state index is 0.0946. The van der Waals surface area contributed by atoms with Gasteiger partial charge in [-0.1, -0.05) is 6.07 Å². The summed E-state index contributed by atoms with van der Waals surface area (Å²) in [4.78, 5) is 4.09. The van der Waals surface area contributed by atoms with Crippen molar-refractivity contribution >= 4 is 15.8 Å². The molecule has 0 amide bonds. The molecule has 0 spiro atoms. The van der Waals surface area contributed by atoms with Gasteiger partial charge in [-0.2, -0.15) is 5.10 Å². The van der Waals surface area contributed by atoms with Crippen LogP contribution in [-0.4, -0.2) is 40.4 Å². The summed E-state index contributed by atoms with van der Waals surface area (Å²) in [7, 11) is -1.95. The molecule has 2 aromatic heterocycles. The zero-order valence-corrected chi connectivity index (χ0v) is 14.1. The van der Waals surface area contributed by atoms with Crippen molar-refractivity contribution < 1.29 is 13.5 Å². The highest BCUT2D eigenvalue weighted by molar-refractivity contribution is 7.89. The lowest BCUT2D eigenvalue weighted by molar-refractivity contribution is 0.0857. The van der Waals surface area contributed by atoms with Crippen LogP contribution in [0.3, 0.4) is 0 Å². The monoisotopic (exact) mass is 339 g/mol. The van der Waals surface area contributed by atoms with Gasteiger partial charge < -0.3 is 10.4 Å². The van der Waals surface area contributed by atoms with E-state index in [2.05, 4.69) is 20.1 Å². The molecule has 2 rings (SSSR count). The van der Waals surface area contributed by atoms with Crippen LogP contribution in [0.4, 0.5) is 5.82 Å². The van der Waals surface area contributed by atoms with Gasteiger partial charge in [-0.05, 0) is 32.0 Å². The maximum absolute atomic E-state index is 12.2. The van der Waals surface area contributed by atoms with Crippen molar-refractivity contribution in [1.82, 2.24) is 19.5 Å². The molecule has 0 aliphatic heterocycles.